The molecule has 0 aliphatic carbocycles. The third-order valence-corrected chi connectivity index (χ3v) is 19.9. The Morgan fingerprint density at radius 3 is 1.14 bits per heavy atom. The topological polar surface area (TPSA) is 739 Å². The number of nitrogens with one attached hydrogen (secondary N) is 4. The minimum atomic E-state index is -2.52. The molecule has 630 valence electrons. The van der Waals surface area contributed by atoms with Gasteiger partial charge in [0, 0.05) is 27.7 Å². The summed E-state index contributed by atoms with van der Waals surface area (Å²) in [6.45, 7) is -3.58. The van der Waals surface area contributed by atoms with Gasteiger partial charge in [0.25, 0.3) is 0 Å². The van der Waals surface area contributed by atoms with Crippen LogP contribution in [0.2, 0.25) is 0 Å². The van der Waals surface area contributed by atoms with Gasteiger partial charge in [-0.05, 0) is 6.92 Å². The van der Waals surface area contributed by atoms with Crippen molar-refractivity contribution < 1.29 is 217 Å². The summed E-state index contributed by atoms with van der Waals surface area (Å²) in [6.07, 6.45) is -83.2. The van der Waals surface area contributed by atoms with Gasteiger partial charge in [0.15, 0.2) is 56.6 Å². The van der Waals surface area contributed by atoms with E-state index in [4.69, 9.17) is 80.5 Å². The lowest BCUT2D eigenvalue weighted by Crippen LogP contribution is -2.71. The van der Waals surface area contributed by atoms with Crippen molar-refractivity contribution in [3.8, 4) is 0 Å². The van der Waals surface area contributed by atoms with Crippen molar-refractivity contribution in [2.75, 3.05) is 52.9 Å². The fraction of sp³-hybridized carbons (Fsp3) is 0.934. The molecule has 9 saturated heterocycles. The summed E-state index contributed by atoms with van der Waals surface area (Å²) < 4.78 is 103. The molecule has 48 nitrogen and oxygen atoms in total. The van der Waals surface area contributed by atoms with E-state index in [1.807, 2.05) is 0 Å². The number of amides is 4. The summed E-state index contributed by atoms with van der Waals surface area (Å²) in [5, 5.41) is 266. The van der Waals surface area contributed by atoms with E-state index in [0.29, 0.717) is 0 Å². The lowest BCUT2D eigenvalue weighted by Gasteiger charge is -2.52. The second-order valence-corrected chi connectivity index (χ2v) is 27.7. The summed E-state index contributed by atoms with van der Waals surface area (Å²) in [6, 6.07) is -7.40. The number of hydrogen-bond donors (Lipinski definition) is 27. The fourth-order valence-corrected chi connectivity index (χ4v) is 14.1. The van der Waals surface area contributed by atoms with Crippen molar-refractivity contribution in [1.82, 2.24) is 21.3 Å². The summed E-state index contributed by atoms with van der Waals surface area (Å²) in [7, 11) is 0. The van der Waals surface area contributed by atoms with Gasteiger partial charge >= 0.3 is 0 Å². The number of hydrogen-bond acceptors (Lipinski definition) is 44. The van der Waals surface area contributed by atoms with Crippen LogP contribution < -0.4 is 21.3 Å². The van der Waals surface area contributed by atoms with Crippen molar-refractivity contribution in [1.29, 1.82) is 0 Å². The molecule has 109 heavy (non-hydrogen) atoms. The lowest BCUT2D eigenvalue weighted by atomic mass is 9.93. The molecule has 4 amide bonds. The number of aliphatic hydroxyl groups is 23. The summed E-state index contributed by atoms with van der Waals surface area (Å²) in [5.74, 6) is -3.60. The van der Waals surface area contributed by atoms with Crippen LogP contribution in [0.3, 0.4) is 0 Å². The van der Waals surface area contributed by atoms with Crippen LogP contribution >= 0.6 is 0 Å². The molecule has 0 saturated carbocycles. The maximum Gasteiger partial charge on any atom is 0.217 e. The zero-order valence-corrected chi connectivity index (χ0v) is 58.9. The molecular weight excluding hydrogens is 1490 g/mol. The van der Waals surface area contributed by atoms with E-state index in [0.717, 1.165) is 27.7 Å². The van der Waals surface area contributed by atoms with Crippen molar-refractivity contribution in [2.24, 2.45) is 0 Å². The highest BCUT2D eigenvalue weighted by Gasteiger charge is 2.61. The Balaban J connectivity index is 1.14. The molecule has 9 rings (SSSR count). The number of ether oxygens (including phenoxy) is 17. The van der Waals surface area contributed by atoms with Gasteiger partial charge in [0.1, 0.15) is 207 Å². The van der Waals surface area contributed by atoms with E-state index < -0.39 is 346 Å². The van der Waals surface area contributed by atoms with Gasteiger partial charge in [-0.2, -0.15) is 0 Å². The van der Waals surface area contributed by atoms with Gasteiger partial charge in [-0.25, -0.2) is 0 Å². The Bertz CT molecular complexity index is 2900. The molecule has 9 aliphatic rings. The monoisotopic (exact) mass is 1590 g/mol. The van der Waals surface area contributed by atoms with Gasteiger partial charge in [0.05, 0.1) is 59.0 Å². The predicted molar refractivity (Wildman–Crippen MR) is 336 cm³/mol. The highest BCUT2D eigenvalue weighted by Crippen LogP contribution is 2.41. The van der Waals surface area contributed by atoms with Crippen LogP contribution in [0.25, 0.3) is 0 Å². The zero-order chi connectivity index (χ0) is 80.2. The fourth-order valence-electron chi connectivity index (χ4n) is 14.1. The van der Waals surface area contributed by atoms with Gasteiger partial charge < -0.3 is 219 Å². The number of aliphatic hydroxyl groups excluding tert-OH is 23. The van der Waals surface area contributed by atoms with Gasteiger partial charge in [-0.1, -0.05) is 0 Å². The van der Waals surface area contributed by atoms with Crippen LogP contribution in [0.4, 0.5) is 0 Å². The number of carbonyl (C=O) groups excluding carboxylic acids is 4. The summed E-state index contributed by atoms with van der Waals surface area (Å²) in [5.41, 5.74) is 0. The molecule has 48 heteroatoms. The molecule has 0 spiro atoms. The first-order chi connectivity index (χ1) is 51.5. The SMILES string of the molecule is CC(=O)N[C@@H]1[C@@H](O[C@@H]2O[C@@H](C)[C@@H](O)[C@@H](O)[C@@H]2O)[C@H](O[C@@H]2O[C@H](CO)[C@@H](O[C@@H]3O[C@H](CO[C@H]4O[C@H](CO)[C@@H](O)[C@H](O)[C@@H]4O[C@@H]4O[C@H](CO)[C@@H](O)[C@H](O)[C@H]4NC(C)=O)[C@@H](O)[C@H](O[C@H]4O[C@H](CO)[C@@H](O)[C@H](O)[C@@H]4O[C@@H]4O[C@H](CO)[C@@H](O)[C@H](O)[C@H]4NC(C)=O)[C@@H]3O[C@@H]3OC[C@@H](O)[C@H](O)[C@H]3O)[C@H](O)[C@H]2NC(C)=O)[C@@H](CO)O[C@@H]1O. The summed E-state index contributed by atoms with van der Waals surface area (Å²) in [4.78, 5) is 51.2. The van der Waals surface area contributed by atoms with E-state index in [2.05, 4.69) is 21.3 Å². The maximum absolute atomic E-state index is 13.4. The molecule has 44 atom stereocenters. The molecule has 27 N–H and O–H groups in total. The minimum absolute atomic E-state index is 0.847. The average Bonchev–Trinajstić information content (AvgIpc) is 0.761. The Morgan fingerprint density at radius 1 is 0.294 bits per heavy atom. The molecule has 0 aromatic rings. The summed E-state index contributed by atoms with van der Waals surface area (Å²) >= 11 is 0. The van der Waals surface area contributed by atoms with Crippen LogP contribution in [-0.4, -0.2) is 464 Å². The molecule has 0 radical (unpaired) electrons. The second kappa shape index (κ2) is 38.8. The average molecular weight is 1600 g/mol. The normalized spacial score (nSPS) is 49.2. The first kappa shape index (κ1) is 89.2. The van der Waals surface area contributed by atoms with E-state index in [-0.39, 0.29) is 0 Å². The maximum atomic E-state index is 13.4. The van der Waals surface area contributed by atoms with Crippen LogP contribution in [0, 0.1) is 0 Å². The molecule has 9 aliphatic heterocycles. The molecule has 0 unspecified atom stereocenters. The first-order valence-corrected chi connectivity index (χ1v) is 34.9. The Kier molecular flexibility index (Phi) is 31.8. The molecule has 0 aromatic heterocycles. The molecule has 9 heterocycles. The molecule has 0 aromatic carbocycles. The number of carbonyl (C=O) groups is 4. The third-order valence-electron chi connectivity index (χ3n) is 19.9. The zero-order valence-electron chi connectivity index (χ0n) is 58.9. The highest BCUT2D eigenvalue weighted by molar-refractivity contribution is 5.74. The van der Waals surface area contributed by atoms with Gasteiger partial charge in [0.2, 0.25) is 23.6 Å². The van der Waals surface area contributed by atoms with Crippen molar-refractivity contribution in [3.05, 3.63) is 0 Å². The van der Waals surface area contributed by atoms with Crippen LogP contribution in [0.15, 0.2) is 0 Å². The third kappa shape index (κ3) is 19.9. The van der Waals surface area contributed by atoms with Crippen LogP contribution in [-0.2, 0) is 99.7 Å². The Labute approximate surface area is 618 Å². The van der Waals surface area contributed by atoms with Crippen molar-refractivity contribution >= 4 is 23.6 Å². The van der Waals surface area contributed by atoms with E-state index >= 15 is 0 Å². The molecule has 9 fully saturated rings. The first-order valence-electron chi connectivity index (χ1n) is 34.9. The van der Waals surface area contributed by atoms with E-state index in [1.165, 1.54) is 6.92 Å². The Morgan fingerprint density at radius 2 is 0.651 bits per heavy atom. The van der Waals surface area contributed by atoms with Crippen LogP contribution in [0.1, 0.15) is 34.6 Å². The van der Waals surface area contributed by atoms with E-state index in [1.54, 1.807) is 0 Å². The second-order valence-electron chi connectivity index (χ2n) is 27.7. The highest BCUT2D eigenvalue weighted by atomic mass is 16.8. The number of rotatable bonds is 27. The lowest BCUT2D eigenvalue weighted by molar-refractivity contribution is -0.411. The molecular formula is C61H102N4O44. The van der Waals surface area contributed by atoms with Crippen molar-refractivity contribution in [3.63, 3.8) is 0 Å². The van der Waals surface area contributed by atoms with Crippen molar-refractivity contribution in [2.45, 2.75) is 305 Å². The molecule has 0 bridgehead atoms. The largest absolute Gasteiger partial charge is 0.394 e. The minimum Gasteiger partial charge on any atom is -0.394 e. The predicted octanol–water partition coefficient (Wildman–Crippen LogP) is -18.4. The standard InChI is InChI=1S/C61H102N4O44/c1-14-31(77)41(87)45(91)58(95-14)105-48-30(65-18(5)75)53(92)96-25(11-71)47(48)104-56-29(64-17(4)74)40(86)46(24(10-70)101-56)103-61-52(109-57-44(90)32(78)19(76)12-93-57)49(106-60-51(43(89)36(82)23(9-69)100-60)108-55-28(63-16(3)73)39(85)34(80)21(7-67)98-55)37(83)26(102-61)13-94-59-50(42(88)35(81)22(8-68)99-59)107-54-27(62-15(2)72)38(84)33(79)20(6-66)97-54/h14,19-61,66-71,76-92H,6-13H2,1-5H3,(H,62,72)(H,63,73)(H,64,74)(H,65,75)/t14-,19+,20+,21+,22+,23+,24+,25+,26+,27+,28+,29+,30+,31+,32-,33+,34+,35+,36+,37+,38+,39+,40+,41+,42-,43-,44+,45-,46+,47+,48+,49-,50-,51-,52-,53-,54-,55-,56-,57-,58-,59-,60+,61-/m0/s1. The van der Waals surface area contributed by atoms with Gasteiger partial charge in [-0.3, -0.25) is 19.2 Å². The Hall–Kier alpha value is -3.72. The van der Waals surface area contributed by atoms with E-state index in [9.17, 15) is 137 Å². The van der Waals surface area contributed by atoms with Crippen LogP contribution in [0.5, 0.6) is 0 Å². The van der Waals surface area contributed by atoms with Gasteiger partial charge in [-0.15, -0.1) is 0 Å². The quantitative estimate of drug-likeness (QED) is 0.0363. The smallest absolute Gasteiger partial charge is 0.217 e.